The van der Waals surface area contributed by atoms with Crippen molar-refractivity contribution in [2.45, 2.75) is 51.8 Å². The quantitative estimate of drug-likeness (QED) is 0.645. The van der Waals surface area contributed by atoms with Crippen LogP contribution in [0.5, 0.6) is 0 Å². The highest BCUT2D eigenvalue weighted by molar-refractivity contribution is 5.92. The lowest BCUT2D eigenvalue weighted by Gasteiger charge is -2.22. The van der Waals surface area contributed by atoms with E-state index in [1.165, 1.54) is 6.20 Å². The molecular weight excluding hydrogens is 376 g/mol. The number of esters is 1. The predicted octanol–water partition coefficient (Wildman–Crippen LogP) is 1.95. The number of carboxylic acids is 1. The molecule has 0 radical (unpaired) electrons. The number of ether oxygens (including phenoxy) is 2. The number of fused-ring (bicyclic) bond motifs is 1. The molecule has 0 saturated carbocycles. The summed E-state index contributed by atoms with van der Waals surface area (Å²) in [7, 11) is 1.55. The lowest BCUT2D eigenvalue weighted by molar-refractivity contribution is -0.156. The molecule has 0 spiro atoms. The Balaban J connectivity index is 2.30. The molecule has 3 N–H and O–H groups in total. The Hall–Kier alpha value is -2.71. The van der Waals surface area contributed by atoms with Crippen LogP contribution in [0.2, 0.25) is 0 Å². The number of methoxy groups -OCH3 is 1. The van der Waals surface area contributed by atoms with Gasteiger partial charge in [0.1, 0.15) is 17.2 Å². The Kier molecular flexibility index (Phi) is 7.16. The monoisotopic (exact) mass is 404 g/mol. The maximum atomic E-state index is 12.6. The van der Waals surface area contributed by atoms with E-state index in [9.17, 15) is 19.5 Å². The third kappa shape index (κ3) is 5.88. The van der Waals surface area contributed by atoms with Crippen molar-refractivity contribution in [1.29, 1.82) is 0 Å². The Morgan fingerprint density at radius 3 is 2.55 bits per heavy atom. The number of carbonyl (C=O) groups is 2. The van der Waals surface area contributed by atoms with Gasteiger partial charge in [-0.05, 0) is 51.3 Å². The highest BCUT2D eigenvalue weighted by Gasteiger charge is 2.22. The number of hydrogen-bond acceptors (Lipinski definition) is 6. The van der Waals surface area contributed by atoms with Crippen LogP contribution in [0.15, 0.2) is 29.2 Å². The van der Waals surface area contributed by atoms with E-state index in [0.717, 1.165) is 5.56 Å². The van der Waals surface area contributed by atoms with Crippen LogP contribution >= 0.6 is 0 Å². The highest BCUT2D eigenvalue weighted by Crippen LogP contribution is 2.17. The van der Waals surface area contributed by atoms with Gasteiger partial charge in [-0.15, -0.1) is 0 Å². The molecular formula is C21H28N2O6. The molecule has 158 valence electrons. The van der Waals surface area contributed by atoms with Gasteiger partial charge in [0.05, 0.1) is 12.1 Å². The molecule has 1 unspecified atom stereocenters. The van der Waals surface area contributed by atoms with E-state index < -0.39 is 29.0 Å². The molecule has 1 aromatic carbocycles. The van der Waals surface area contributed by atoms with Gasteiger partial charge < -0.3 is 24.9 Å². The zero-order valence-electron chi connectivity index (χ0n) is 17.2. The summed E-state index contributed by atoms with van der Waals surface area (Å²) in [6.45, 7) is 6.11. The molecule has 8 nitrogen and oxygen atoms in total. The third-order valence-corrected chi connectivity index (χ3v) is 4.36. The van der Waals surface area contributed by atoms with Crippen LogP contribution in [0.4, 0.5) is 0 Å². The number of nitrogens with zero attached hydrogens (tertiary/aromatic N) is 1. The Bertz CT molecular complexity index is 958. The lowest BCUT2D eigenvalue weighted by atomic mass is 10.0. The molecule has 2 rings (SSSR count). The van der Waals surface area contributed by atoms with Crippen molar-refractivity contribution >= 4 is 22.8 Å². The molecule has 0 aliphatic rings. The molecule has 0 aliphatic carbocycles. The van der Waals surface area contributed by atoms with Gasteiger partial charge in [-0.1, -0.05) is 6.07 Å². The van der Waals surface area contributed by atoms with Crippen LogP contribution in [0.3, 0.4) is 0 Å². The summed E-state index contributed by atoms with van der Waals surface area (Å²) in [5.41, 5.74) is 5.88. The minimum atomic E-state index is -1.28. The summed E-state index contributed by atoms with van der Waals surface area (Å²) in [5.74, 6) is -1.76. The Morgan fingerprint density at radius 1 is 1.28 bits per heavy atom. The smallest absolute Gasteiger partial charge is 0.341 e. The summed E-state index contributed by atoms with van der Waals surface area (Å²) < 4.78 is 12.0. The second kappa shape index (κ2) is 9.19. The van der Waals surface area contributed by atoms with Crippen molar-refractivity contribution in [3.63, 3.8) is 0 Å². The van der Waals surface area contributed by atoms with Crippen LogP contribution in [-0.2, 0) is 27.2 Å². The number of aromatic nitrogens is 1. The number of aryl methyl sites for hydroxylation is 1. The van der Waals surface area contributed by atoms with Crippen molar-refractivity contribution in [3.05, 3.63) is 45.7 Å². The Labute approximate surface area is 169 Å². The number of carbonyl (C=O) groups excluding carboxylic acids is 1. The second-order valence-corrected chi connectivity index (χ2v) is 7.89. The summed E-state index contributed by atoms with van der Waals surface area (Å²) in [6, 6.07) is 4.49. The van der Waals surface area contributed by atoms with Gasteiger partial charge in [-0.3, -0.25) is 9.59 Å². The van der Waals surface area contributed by atoms with Gasteiger partial charge in [0.2, 0.25) is 5.43 Å². The first-order valence-electron chi connectivity index (χ1n) is 9.40. The lowest BCUT2D eigenvalue weighted by Crippen LogP contribution is -2.37. The number of nitrogens with two attached hydrogens (primary N) is 1. The van der Waals surface area contributed by atoms with Crippen molar-refractivity contribution in [1.82, 2.24) is 4.57 Å². The van der Waals surface area contributed by atoms with Crippen molar-refractivity contribution in [3.8, 4) is 0 Å². The molecule has 0 saturated heterocycles. The van der Waals surface area contributed by atoms with Crippen LogP contribution in [0, 0.1) is 0 Å². The van der Waals surface area contributed by atoms with E-state index in [1.54, 1.807) is 44.6 Å². The largest absolute Gasteiger partial charge is 0.477 e. The standard InChI is InChI=1S/C21H28N2O6/c1-21(2,3)29-20(27)16(22)7-5-13-6-8-17-14(11-13)18(24)15(19(25)26)12-23(17)9-10-28-4/h6,8,11-12,16H,5,7,9-10,22H2,1-4H3,(H,25,26). The topological polar surface area (TPSA) is 121 Å². The van der Waals surface area contributed by atoms with E-state index in [1.807, 2.05) is 6.07 Å². The molecule has 8 heteroatoms. The third-order valence-electron chi connectivity index (χ3n) is 4.36. The first kappa shape index (κ1) is 22.6. The summed E-state index contributed by atoms with van der Waals surface area (Å²) in [5, 5.41) is 9.67. The molecule has 1 atom stereocenters. The maximum Gasteiger partial charge on any atom is 0.341 e. The number of hydrogen-bond donors (Lipinski definition) is 2. The molecule has 1 aromatic heterocycles. The minimum absolute atomic E-state index is 0.295. The zero-order valence-corrected chi connectivity index (χ0v) is 17.2. The van der Waals surface area contributed by atoms with Gasteiger partial charge in [0.15, 0.2) is 0 Å². The minimum Gasteiger partial charge on any atom is -0.477 e. The normalized spacial score (nSPS) is 12.7. The van der Waals surface area contributed by atoms with Crippen LogP contribution in [0.1, 0.15) is 43.1 Å². The molecule has 0 amide bonds. The molecule has 0 bridgehead atoms. The van der Waals surface area contributed by atoms with Gasteiger partial charge in [-0.25, -0.2) is 4.79 Å². The average Bonchev–Trinajstić information content (AvgIpc) is 2.64. The molecule has 1 heterocycles. The van der Waals surface area contributed by atoms with Gasteiger partial charge in [-0.2, -0.15) is 0 Å². The number of carboxylic acid groups (broad SMARTS) is 1. The van der Waals surface area contributed by atoms with Crippen LogP contribution < -0.4 is 11.2 Å². The van der Waals surface area contributed by atoms with E-state index in [0.29, 0.717) is 36.9 Å². The SMILES string of the molecule is COCCn1cc(C(=O)O)c(=O)c2cc(CCC(N)C(=O)OC(C)(C)C)ccc21. The molecule has 0 fully saturated rings. The van der Waals surface area contributed by atoms with Crippen molar-refractivity contribution < 1.29 is 24.2 Å². The molecule has 29 heavy (non-hydrogen) atoms. The van der Waals surface area contributed by atoms with Gasteiger partial charge in [0, 0.05) is 25.2 Å². The maximum absolute atomic E-state index is 12.6. The van der Waals surface area contributed by atoms with Crippen LogP contribution in [0.25, 0.3) is 10.9 Å². The fourth-order valence-corrected chi connectivity index (χ4v) is 2.94. The van der Waals surface area contributed by atoms with Crippen molar-refractivity contribution in [2.24, 2.45) is 5.73 Å². The predicted molar refractivity (Wildman–Crippen MR) is 109 cm³/mol. The second-order valence-electron chi connectivity index (χ2n) is 7.89. The number of rotatable bonds is 8. The van der Waals surface area contributed by atoms with Gasteiger partial charge >= 0.3 is 11.9 Å². The number of benzene rings is 1. The van der Waals surface area contributed by atoms with E-state index in [-0.39, 0.29) is 5.56 Å². The first-order valence-corrected chi connectivity index (χ1v) is 9.40. The van der Waals surface area contributed by atoms with Crippen molar-refractivity contribution in [2.75, 3.05) is 13.7 Å². The highest BCUT2D eigenvalue weighted by atomic mass is 16.6. The fourth-order valence-electron chi connectivity index (χ4n) is 2.94. The molecule has 2 aromatic rings. The van der Waals surface area contributed by atoms with Gasteiger partial charge in [0.25, 0.3) is 0 Å². The number of pyridine rings is 1. The summed E-state index contributed by atoms with van der Waals surface area (Å²) in [6.07, 6.45) is 2.13. The average molecular weight is 404 g/mol. The van der Waals surface area contributed by atoms with Crippen LogP contribution in [-0.4, -0.2) is 47.0 Å². The zero-order chi connectivity index (χ0) is 21.8. The van der Waals surface area contributed by atoms with E-state index in [2.05, 4.69) is 0 Å². The molecule has 0 aliphatic heterocycles. The fraction of sp³-hybridized carbons (Fsp3) is 0.476. The van der Waals surface area contributed by atoms with E-state index in [4.69, 9.17) is 15.2 Å². The summed E-state index contributed by atoms with van der Waals surface area (Å²) >= 11 is 0. The van der Waals surface area contributed by atoms with E-state index >= 15 is 0 Å². The first-order chi connectivity index (χ1) is 13.5. The Morgan fingerprint density at radius 2 is 1.97 bits per heavy atom. The summed E-state index contributed by atoms with van der Waals surface area (Å²) in [4.78, 5) is 36.1. The number of aromatic carboxylic acids is 1.